The summed E-state index contributed by atoms with van der Waals surface area (Å²) in [7, 11) is 0. The van der Waals surface area contributed by atoms with Gasteiger partial charge < -0.3 is 18.4 Å². The summed E-state index contributed by atoms with van der Waals surface area (Å²) in [5.74, 6) is 0.200. The third-order valence-corrected chi connectivity index (χ3v) is 4.05. The van der Waals surface area contributed by atoms with Gasteiger partial charge in [0.05, 0.1) is 0 Å². The van der Waals surface area contributed by atoms with Crippen LogP contribution < -0.4 is 10.4 Å². The number of hydrogen-bond acceptors (Lipinski definition) is 7. The number of benzene rings is 2. The van der Waals surface area contributed by atoms with Crippen LogP contribution in [0, 0.1) is 6.92 Å². The average Bonchev–Trinajstić information content (AvgIpc) is 3.09. The normalized spacial score (nSPS) is 11.0. The molecule has 0 aliphatic carbocycles. The Balaban J connectivity index is 1.57. The molecule has 136 valence electrons. The molecule has 0 N–H and O–H groups in total. The van der Waals surface area contributed by atoms with Gasteiger partial charge in [-0.2, -0.15) is 0 Å². The molecule has 7 nitrogen and oxygen atoms in total. The molecule has 4 rings (SSSR count). The summed E-state index contributed by atoms with van der Waals surface area (Å²) in [5, 5.41) is 6.29. The molecule has 7 heteroatoms. The number of fused-ring (bicyclic) bond motifs is 3. The Morgan fingerprint density at radius 2 is 2.00 bits per heavy atom. The lowest BCUT2D eigenvalue weighted by Gasteiger charge is -2.09. The first-order chi connectivity index (χ1) is 13.1. The van der Waals surface area contributed by atoms with Crippen molar-refractivity contribution in [2.45, 2.75) is 13.5 Å². The summed E-state index contributed by atoms with van der Waals surface area (Å²) in [4.78, 5) is 23.8. The maximum atomic E-state index is 12.0. The summed E-state index contributed by atoms with van der Waals surface area (Å²) in [6.07, 6.45) is 0. The number of esters is 1. The second-order valence-corrected chi connectivity index (χ2v) is 5.98. The van der Waals surface area contributed by atoms with E-state index in [-0.39, 0.29) is 19.1 Å². The smallest absolute Gasteiger partial charge is 0.344 e. The zero-order valence-corrected chi connectivity index (χ0v) is 14.4. The summed E-state index contributed by atoms with van der Waals surface area (Å²) in [6.45, 7) is 1.33. The van der Waals surface area contributed by atoms with Crippen LogP contribution in [0.15, 0.2) is 62.3 Å². The Hall–Kier alpha value is -3.61. The van der Waals surface area contributed by atoms with Crippen molar-refractivity contribution in [2.24, 2.45) is 0 Å². The van der Waals surface area contributed by atoms with Crippen LogP contribution in [0.5, 0.6) is 5.88 Å². The SMILES string of the molecule is Cc1cc(OCC(=O)OCc2cc(=O)oc3ccc4ccccc4c23)no1. The Labute approximate surface area is 153 Å². The van der Waals surface area contributed by atoms with E-state index >= 15 is 0 Å². The van der Waals surface area contributed by atoms with E-state index in [1.54, 1.807) is 19.1 Å². The van der Waals surface area contributed by atoms with Gasteiger partial charge in [-0.15, -0.1) is 0 Å². The second kappa shape index (κ2) is 6.95. The minimum Gasteiger partial charge on any atom is -0.463 e. The molecule has 2 heterocycles. The van der Waals surface area contributed by atoms with E-state index < -0.39 is 11.6 Å². The molecular weight excluding hydrogens is 350 g/mol. The molecule has 0 bridgehead atoms. The predicted octanol–water partition coefficient (Wildman–Crippen LogP) is 3.36. The monoisotopic (exact) mass is 365 g/mol. The first kappa shape index (κ1) is 16.8. The molecule has 0 saturated heterocycles. The fourth-order valence-electron chi connectivity index (χ4n) is 2.88. The highest BCUT2D eigenvalue weighted by atomic mass is 16.6. The number of ether oxygens (including phenoxy) is 2. The van der Waals surface area contributed by atoms with Crippen molar-refractivity contribution < 1.29 is 23.2 Å². The van der Waals surface area contributed by atoms with Gasteiger partial charge in [0.2, 0.25) is 0 Å². The standard InChI is InChI=1S/C20H15NO6/c1-12-8-17(21-27-12)24-11-19(23)25-10-14-9-18(22)26-16-7-6-13-4-2-3-5-15(13)20(14)16/h2-9H,10-11H2,1H3. The van der Waals surface area contributed by atoms with Gasteiger partial charge in [-0.25, -0.2) is 9.59 Å². The summed E-state index contributed by atoms with van der Waals surface area (Å²) < 4.78 is 20.6. The fraction of sp³-hybridized carbons (Fsp3) is 0.150. The van der Waals surface area contributed by atoms with Crippen LogP contribution in [0.1, 0.15) is 11.3 Å². The van der Waals surface area contributed by atoms with Crippen LogP contribution in [0.3, 0.4) is 0 Å². The fourth-order valence-corrected chi connectivity index (χ4v) is 2.88. The van der Waals surface area contributed by atoms with Crippen LogP contribution in [-0.4, -0.2) is 17.7 Å². The van der Waals surface area contributed by atoms with Crippen molar-refractivity contribution in [3.63, 3.8) is 0 Å². The minimum atomic E-state index is -0.586. The van der Waals surface area contributed by atoms with E-state index in [1.807, 2.05) is 30.3 Å². The van der Waals surface area contributed by atoms with Gasteiger partial charge in [0.15, 0.2) is 6.61 Å². The molecule has 4 aromatic rings. The van der Waals surface area contributed by atoms with Crippen molar-refractivity contribution in [3.8, 4) is 5.88 Å². The van der Waals surface area contributed by atoms with Gasteiger partial charge in [-0.3, -0.25) is 0 Å². The summed E-state index contributed by atoms with van der Waals surface area (Å²) in [5.41, 5.74) is 0.517. The summed E-state index contributed by atoms with van der Waals surface area (Å²) in [6, 6.07) is 14.2. The van der Waals surface area contributed by atoms with Crippen LogP contribution in [0.4, 0.5) is 0 Å². The van der Waals surface area contributed by atoms with Gasteiger partial charge in [-0.1, -0.05) is 30.3 Å². The molecule has 0 spiro atoms. The van der Waals surface area contributed by atoms with E-state index in [0.29, 0.717) is 16.9 Å². The average molecular weight is 365 g/mol. The maximum absolute atomic E-state index is 12.0. The highest BCUT2D eigenvalue weighted by Crippen LogP contribution is 2.27. The van der Waals surface area contributed by atoms with Crippen LogP contribution in [-0.2, 0) is 16.1 Å². The maximum Gasteiger partial charge on any atom is 0.344 e. The second-order valence-electron chi connectivity index (χ2n) is 5.98. The molecular formula is C20H15NO6. The van der Waals surface area contributed by atoms with Gasteiger partial charge >= 0.3 is 11.6 Å². The van der Waals surface area contributed by atoms with E-state index in [4.69, 9.17) is 18.4 Å². The third kappa shape index (κ3) is 3.52. The Kier molecular flexibility index (Phi) is 4.33. The zero-order chi connectivity index (χ0) is 18.8. The molecule has 0 aliphatic heterocycles. The number of aryl methyl sites for hydroxylation is 1. The van der Waals surface area contributed by atoms with Crippen molar-refractivity contribution in [1.29, 1.82) is 0 Å². The Morgan fingerprint density at radius 1 is 1.15 bits per heavy atom. The first-order valence-electron chi connectivity index (χ1n) is 8.26. The Morgan fingerprint density at radius 3 is 2.81 bits per heavy atom. The van der Waals surface area contributed by atoms with E-state index in [2.05, 4.69) is 5.16 Å². The lowest BCUT2D eigenvalue weighted by Crippen LogP contribution is -2.15. The molecule has 0 fully saturated rings. The number of hydrogen-bond donors (Lipinski definition) is 0. The van der Waals surface area contributed by atoms with Crippen LogP contribution in [0.2, 0.25) is 0 Å². The summed E-state index contributed by atoms with van der Waals surface area (Å²) >= 11 is 0. The number of nitrogens with zero attached hydrogens (tertiary/aromatic N) is 1. The molecule has 0 saturated carbocycles. The highest BCUT2D eigenvalue weighted by Gasteiger charge is 2.13. The molecule has 0 radical (unpaired) electrons. The van der Waals surface area contributed by atoms with E-state index in [1.165, 1.54) is 6.07 Å². The minimum absolute atomic E-state index is 0.0733. The van der Waals surface area contributed by atoms with Crippen molar-refractivity contribution in [3.05, 3.63) is 70.3 Å². The van der Waals surface area contributed by atoms with E-state index in [0.717, 1.165) is 16.2 Å². The molecule has 0 atom stereocenters. The van der Waals surface area contributed by atoms with Crippen molar-refractivity contribution in [2.75, 3.05) is 6.61 Å². The molecule has 27 heavy (non-hydrogen) atoms. The quantitative estimate of drug-likeness (QED) is 0.304. The lowest BCUT2D eigenvalue weighted by atomic mass is 10.0. The number of carbonyl (C=O) groups excluding carboxylic acids is 1. The molecule has 0 aliphatic rings. The molecule has 2 aromatic heterocycles. The number of rotatable bonds is 5. The van der Waals surface area contributed by atoms with Crippen LogP contribution >= 0.6 is 0 Å². The molecule has 0 unspecified atom stereocenters. The first-order valence-corrected chi connectivity index (χ1v) is 8.26. The topological polar surface area (TPSA) is 91.8 Å². The molecule has 0 amide bonds. The third-order valence-electron chi connectivity index (χ3n) is 4.05. The number of aromatic nitrogens is 1. The largest absolute Gasteiger partial charge is 0.463 e. The lowest BCUT2D eigenvalue weighted by molar-refractivity contribution is -0.147. The van der Waals surface area contributed by atoms with Crippen LogP contribution in [0.25, 0.3) is 21.7 Å². The predicted molar refractivity (Wildman–Crippen MR) is 96.5 cm³/mol. The highest BCUT2D eigenvalue weighted by molar-refractivity contribution is 6.07. The zero-order valence-electron chi connectivity index (χ0n) is 14.4. The number of carbonyl (C=O) groups is 1. The van der Waals surface area contributed by atoms with E-state index in [9.17, 15) is 9.59 Å². The van der Waals surface area contributed by atoms with Gasteiger partial charge in [0.25, 0.3) is 5.88 Å². The van der Waals surface area contributed by atoms with Crippen molar-refractivity contribution >= 4 is 27.7 Å². The van der Waals surface area contributed by atoms with Gasteiger partial charge in [0.1, 0.15) is 18.0 Å². The van der Waals surface area contributed by atoms with Gasteiger partial charge in [0, 0.05) is 23.1 Å². The van der Waals surface area contributed by atoms with Gasteiger partial charge in [-0.05, 0) is 28.9 Å². The van der Waals surface area contributed by atoms with Crippen molar-refractivity contribution in [1.82, 2.24) is 5.16 Å². The Bertz CT molecular complexity index is 1190. The molecule has 2 aromatic carbocycles.